The molecule has 4 heteroatoms. The molecule has 0 radical (unpaired) electrons. The van der Waals surface area contributed by atoms with Gasteiger partial charge in [-0.05, 0) is 19.1 Å². The first-order valence-electron chi connectivity index (χ1n) is 4.07. The fourth-order valence-corrected chi connectivity index (χ4v) is 1.76. The Kier molecular flexibility index (Phi) is 2.25. The largest absolute Gasteiger partial charge is 0.357 e. The molecule has 0 aliphatic heterocycles. The van der Waals surface area contributed by atoms with Crippen molar-refractivity contribution in [2.24, 2.45) is 0 Å². The minimum absolute atomic E-state index is 0.0465. The second kappa shape index (κ2) is 3.30. The van der Waals surface area contributed by atoms with Crippen LogP contribution in [-0.2, 0) is 0 Å². The maximum atomic E-state index is 11.5. The van der Waals surface area contributed by atoms with E-state index in [9.17, 15) is 4.79 Å². The van der Waals surface area contributed by atoms with Gasteiger partial charge in [0.25, 0.3) is 0 Å². The van der Waals surface area contributed by atoms with Crippen molar-refractivity contribution in [1.29, 1.82) is 0 Å². The van der Waals surface area contributed by atoms with Crippen molar-refractivity contribution in [1.82, 2.24) is 4.98 Å². The molecule has 0 bridgehead atoms. The molecule has 0 unspecified atom stereocenters. The summed E-state index contributed by atoms with van der Waals surface area (Å²) in [6.45, 7) is 1.80. The third-order valence-corrected chi connectivity index (χ3v) is 2.83. The summed E-state index contributed by atoms with van der Waals surface area (Å²) in [5.74, 6) is 0. The first-order chi connectivity index (χ1) is 6.59. The third kappa shape index (κ3) is 1.41. The lowest BCUT2D eigenvalue weighted by Gasteiger charge is -2.03. The van der Waals surface area contributed by atoms with Gasteiger partial charge in [-0.2, -0.15) is 0 Å². The van der Waals surface area contributed by atoms with Crippen molar-refractivity contribution >= 4 is 34.1 Å². The summed E-state index contributed by atoms with van der Waals surface area (Å²) in [5.41, 5.74) is 1.32. The Bertz CT molecular complexity index is 560. The van der Waals surface area contributed by atoms with Crippen LogP contribution in [0.5, 0.6) is 0 Å². The lowest BCUT2D eigenvalue weighted by atomic mass is 10.2. The highest BCUT2D eigenvalue weighted by Crippen LogP contribution is 2.27. The van der Waals surface area contributed by atoms with Crippen molar-refractivity contribution < 1.29 is 0 Å². The number of nitrogens with one attached hydrogen (secondary N) is 1. The van der Waals surface area contributed by atoms with E-state index in [1.807, 2.05) is 0 Å². The minimum atomic E-state index is -0.0465. The van der Waals surface area contributed by atoms with Crippen molar-refractivity contribution in [3.8, 4) is 0 Å². The summed E-state index contributed by atoms with van der Waals surface area (Å²) in [6, 6.07) is 4.82. The highest BCUT2D eigenvalue weighted by molar-refractivity contribution is 6.44. The third-order valence-electron chi connectivity index (χ3n) is 2.03. The zero-order valence-corrected chi connectivity index (χ0v) is 8.91. The second-order valence-corrected chi connectivity index (χ2v) is 3.89. The monoisotopic (exact) mass is 227 g/mol. The van der Waals surface area contributed by atoms with E-state index in [1.165, 1.54) is 6.07 Å². The van der Waals surface area contributed by atoms with Crippen LogP contribution < -0.4 is 5.43 Å². The van der Waals surface area contributed by atoms with E-state index < -0.39 is 0 Å². The topological polar surface area (TPSA) is 32.9 Å². The van der Waals surface area contributed by atoms with E-state index in [1.54, 1.807) is 19.1 Å². The van der Waals surface area contributed by atoms with E-state index in [0.717, 1.165) is 5.69 Å². The molecule has 1 aromatic carbocycles. The highest BCUT2D eigenvalue weighted by Gasteiger charge is 2.06. The van der Waals surface area contributed by atoms with E-state index >= 15 is 0 Å². The first-order valence-corrected chi connectivity index (χ1v) is 4.83. The molecule has 0 saturated heterocycles. The number of halogens is 2. The predicted octanol–water partition coefficient (Wildman–Crippen LogP) is 3.14. The molecule has 0 saturated carbocycles. The molecule has 0 amide bonds. The molecule has 0 atom stereocenters. The van der Waals surface area contributed by atoms with Gasteiger partial charge >= 0.3 is 0 Å². The zero-order valence-electron chi connectivity index (χ0n) is 7.40. The Hall–Kier alpha value is -0.990. The average molecular weight is 228 g/mol. The lowest BCUT2D eigenvalue weighted by Crippen LogP contribution is -2.03. The number of hydrogen-bond donors (Lipinski definition) is 1. The van der Waals surface area contributed by atoms with Gasteiger partial charge in [0.15, 0.2) is 5.43 Å². The number of hydrogen-bond acceptors (Lipinski definition) is 1. The van der Waals surface area contributed by atoms with E-state index in [4.69, 9.17) is 23.2 Å². The van der Waals surface area contributed by atoms with Gasteiger partial charge in [0.1, 0.15) is 0 Å². The number of pyridine rings is 1. The van der Waals surface area contributed by atoms with E-state index in [-0.39, 0.29) is 5.43 Å². The molecule has 14 heavy (non-hydrogen) atoms. The van der Waals surface area contributed by atoms with Crippen molar-refractivity contribution in [3.05, 3.63) is 44.2 Å². The van der Waals surface area contributed by atoms with E-state index in [2.05, 4.69) is 4.98 Å². The fraction of sp³-hybridized carbons (Fsp3) is 0.100. The van der Waals surface area contributed by atoms with Crippen LogP contribution in [0.3, 0.4) is 0 Å². The zero-order chi connectivity index (χ0) is 10.3. The smallest absolute Gasteiger partial charge is 0.189 e. The van der Waals surface area contributed by atoms with Gasteiger partial charge in [0, 0.05) is 17.1 Å². The molecular formula is C10H7Cl2NO. The van der Waals surface area contributed by atoms with Crippen LogP contribution in [0.15, 0.2) is 23.0 Å². The summed E-state index contributed by atoms with van der Waals surface area (Å²) in [5, 5.41) is 1.40. The predicted molar refractivity (Wildman–Crippen MR) is 59.3 cm³/mol. The molecule has 2 nitrogen and oxygen atoms in total. The molecule has 0 aliphatic carbocycles. The Morgan fingerprint density at radius 1 is 1.29 bits per heavy atom. The molecule has 0 fully saturated rings. The number of aryl methyl sites for hydroxylation is 1. The van der Waals surface area contributed by atoms with Crippen LogP contribution in [0.2, 0.25) is 10.0 Å². The van der Waals surface area contributed by atoms with Gasteiger partial charge in [-0.3, -0.25) is 4.79 Å². The quantitative estimate of drug-likeness (QED) is 0.738. The van der Waals surface area contributed by atoms with Gasteiger partial charge in [0.2, 0.25) is 0 Å². The molecule has 1 aromatic heterocycles. The molecule has 0 aliphatic rings. The summed E-state index contributed by atoms with van der Waals surface area (Å²) in [6.07, 6.45) is 0. The molecular weight excluding hydrogens is 221 g/mol. The van der Waals surface area contributed by atoms with E-state index in [0.29, 0.717) is 20.9 Å². The van der Waals surface area contributed by atoms with Gasteiger partial charge in [-0.15, -0.1) is 0 Å². The SMILES string of the molecule is Cc1cc(=O)c2ccc(Cl)c(Cl)c2[nH]1. The molecule has 2 rings (SSSR count). The summed E-state index contributed by atoms with van der Waals surface area (Å²) < 4.78 is 0. The Labute approximate surface area is 90.5 Å². The number of aromatic amines is 1. The van der Waals surface area contributed by atoms with Gasteiger partial charge in [0.05, 0.1) is 15.6 Å². The van der Waals surface area contributed by atoms with Gasteiger partial charge < -0.3 is 4.98 Å². The number of aromatic nitrogens is 1. The van der Waals surface area contributed by atoms with Crippen LogP contribution in [-0.4, -0.2) is 4.98 Å². The molecule has 0 spiro atoms. The number of H-pyrrole nitrogens is 1. The Morgan fingerprint density at radius 2 is 2.00 bits per heavy atom. The fourth-order valence-electron chi connectivity index (χ4n) is 1.39. The summed E-state index contributed by atoms with van der Waals surface area (Å²) >= 11 is 11.8. The Balaban J connectivity index is 3.03. The van der Waals surface area contributed by atoms with Gasteiger partial charge in [-0.1, -0.05) is 23.2 Å². The van der Waals surface area contributed by atoms with Crippen LogP contribution in [0.1, 0.15) is 5.69 Å². The number of rotatable bonds is 0. The van der Waals surface area contributed by atoms with Crippen molar-refractivity contribution in [2.45, 2.75) is 6.92 Å². The van der Waals surface area contributed by atoms with Crippen LogP contribution in [0.4, 0.5) is 0 Å². The molecule has 2 aromatic rings. The minimum Gasteiger partial charge on any atom is -0.357 e. The van der Waals surface area contributed by atoms with Crippen molar-refractivity contribution in [3.63, 3.8) is 0 Å². The van der Waals surface area contributed by atoms with Crippen LogP contribution >= 0.6 is 23.2 Å². The summed E-state index contributed by atoms with van der Waals surface area (Å²) in [7, 11) is 0. The van der Waals surface area contributed by atoms with Gasteiger partial charge in [-0.25, -0.2) is 0 Å². The maximum absolute atomic E-state index is 11.5. The first kappa shape index (κ1) is 9.56. The van der Waals surface area contributed by atoms with Crippen LogP contribution in [0.25, 0.3) is 10.9 Å². The Morgan fingerprint density at radius 3 is 2.71 bits per heavy atom. The number of fused-ring (bicyclic) bond motifs is 1. The molecule has 1 heterocycles. The standard InChI is InChI=1S/C10H7Cl2NO/c1-5-4-8(14)6-2-3-7(11)9(12)10(6)13-5/h2-4H,1H3,(H,13,14). The second-order valence-electron chi connectivity index (χ2n) is 3.10. The summed E-state index contributed by atoms with van der Waals surface area (Å²) in [4.78, 5) is 14.6. The lowest BCUT2D eigenvalue weighted by molar-refractivity contribution is 1.24. The van der Waals surface area contributed by atoms with Crippen LogP contribution in [0, 0.1) is 6.92 Å². The maximum Gasteiger partial charge on any atom is 0.189 e. The highest BCUT2D eigenvalue weighted by atomic mass is 35.5. The molecule has 1 N–H and O–H groups in total. The number of benzene rings is 1. The van der Waals surface area contributed by atoms with Crippen molar-refractivity contribution in [2.75, 3.05) is 0 Å². The molecule has 72 valence electrons. The normalized spacial score (nSPS) is 10.8. The average Bonchev–Trinajstić information content (AvgIpc) is 2.12.